The predicted molar refractivity (Wildman–Crippen MR) is 69.3 cm³/mol. The average Bonchev–Trinajstić information content (AvgIpc) is 2.93. The van der Waals surface area contributed by atoms with Crippen LogP contribution in [0.25, 0.3) is 10.7 Å². The molecule has 0 spiro atoms. The highest BCUT2D eigenvalue weighted by atomic mass is 32.1. The maximum absolute atomic E-state index is 4.32. The number of hydrogen-bond acceptors (Lipinski definition) is 6. The normalized spacial score (nSPS) is 15.7. The van der Waals surface area contributed by atoms with E-state index in [2.05, 4.69) is 50.4 Å². The van der Waals surface area contributed by atoms with Crippen molar-refractivity contribution in [2.24, 2.45) is 0 Å². The molecule has 0 saturated heterocycles. The van der Waals surface area contributed by atoms with E-state index in [1.54, 1.807) is 0 Å². The third-order valence-corrected chi connectivity index (χ3v) is 3.75. The molecule has 1 N–H and O–H groups in total. The fourth-order valence-corrected chi connectivity index (χ4v) is 2.96. The van der Waals surface area contributed by atoms with Crippen LogP contribution in [-0.4, -0.2) is 30.9 Å². The molecule has 1 aliphatic heterocycles. The topological polar surface area (TPSA) is 68.5 Å². The van der Waals surface area contributed by atoms with Crippen molar-refractivity contribution >= 4 is 11.5 Å². The molecule has 3 rings (SSSR count). The minimum Gasteiger partial charge on any atom is -0.308 e. The van der Waals surface area contributed by atoms with Gasteiger partial charge in [0, 0.05) is 18.5 Å². The summed E-state index contributed by atoms with van der Waals surface area (Å²) < 4.78 is 6.26. The Morgan fingerprint density at radius 1 is 1.22 bits per heavy atom. The molecule has 0 bridgehead atoms. The second-order valence-electron chi connectivity index (χ2n) is 5.47. The molecule has 7 heteroatoms. The van der Waals surface area contributed by atoms with E-state index >= 15 is 0 Å². The number of rotatable bonds is 1. The number of hydrogen-bond donors (Lipinski definition) is 1. The molecule has 2 aromatic heterocycles. The van der Waals surface area contributed by atoms with E-state index in [1.165, 1.54) is 11.5 Å². The minimum absolute atomic E-state index is 0.0261. The maximum Gasteiger partial charge on any atom is 0.177 e. The molecule has 0 saturated carbocycles. The smallest absolute Gasteiger partial charge is 0.177 e. The van der Waals surface area contributed by atoms with E-state index < -0.39 is 0 Å². The summed E-state index contributed by atoms with van der Waals surface area (Å²) in [7, 11) is 0. The quantitative estimate of drug-likeness (QED) is 0.838. The van der Waals surface area contributed by atoms with Crippen molar-refractivity contribution in [2.75, 3.05) is 6.54 Å². The molecule has 6 nitrogen and oxygen atoms in total. The third kappa shape index (κ3) is 1.83. The third-order valence-electron chi connectivity index (χ3n) is 3.02. The molecule has 96 valence electrons. The molecular weight excluding hydrogens is 248 g/mol. The fourth-order valence-electron chi connectivity index (χ4n) is 2.09. The van der Waals surface area contributed by atoms with Crippen LogP contribution in [0.1, 0.15) is 32.3 Å². The van der Waals surface area contributed by atoms with Crippen LogP contribution in [-0.2, 0) is 18.5 Å². The van der Waals surface area contributed by atoms with Crippen molar-refractivity contribution in [3.8, 4) is 10.7 Å². The van der Waals surface area contributed by atoms with Gasteiger partial charge in [-0.2, -0.15) is 0 Å². The molecule has 3 heterocycles. The lowest BCUT2D eigenvalue weighted by molar-refractivity contribution is 0.507. The molecule has 2 aromatic rings. The molecule has 0 atom stereocenters. The van der Waals surface area contributed by atoms with E-state index in [1.807, 2.05) is 0 Å². The van der Waals surface area contributed by atoms with Gasteiger partial charge in [0.1, 0.15) is 10.7 Å². The first-order valence-corrected chi connectivity index (χ1v) is 6.81. The Morgan fingerprint density at radius 3 is 2.83 bits per heavy atom. The van der Waals surface area contributed by atoms with Crippen LogP contribution in [0.5, 0.6) is 0 Å². The Morgan fingerprint density at radius 2 is 2.06 bits per heavy atom. The fraction of sp³-hybridized carbons (Fsp3) is 0.636. The molecule has 0 aromatic carbocycles. The monoisotopic (exact) mass is 264 g/mol. The first kappa shape index (κ1) is 11.7. The van der Waals surface area contributed by atoms with Gasteiger partial charge in [-0.25, -0.2) is 0 Å². The Labute approximate surface area is 110 Å². The molecule has 0 amide bonds. The Kier molecular flexibility index (Phi) is 2.67. The molecule has 1 aliphatic rings. The van der Waals surface area contributed by atoms with Crippen LogP contribution in [0.2, 0.25) is 0 Å². The highest BCUT2D eigenvalue weighted by Crippen LogP contribution is 2.33. The molecule has 0 fully saturated rings. The summed E-state index contributed by atoms with van der Waals surface area (Å²) in [5, 5.41) is 16.1. The zero-order valence-electron chi connectivity index (χ0n) is 10.8. The lowest BCUT2D eigenvalue weighted by Crippen LogP contribution is -2.28. The van der Waals surface area contributed by atoms with Crippen molar-refractivity contribution < 1.29 is 0 Å². The second-order valence-corrected chi connectivity index (χ2v) is 6.22. The van der Waals surface area contributed by atoms with Gasteiger partial charge in [-0.15, -0.1) is 15.3 Å². The van der Waals surface area contributed by atoms with Gasteiger partial charge in [-0.3, -0.25) is 0 Å². The van der Waals surface area contributed by atoms with Crippen molar-refractivity contribution in [3.63, 3.8) is 0 Å². The van der Waals surface area contributed by atoms with Gasteiger partial charge in [0.15, 0.2) is 5.82 Å². The van der Waals surface area contributed by atoms with Crippen molar-refractivity contribution in [1.82, 2.24) is 29.7 Å². The van der Waals surface area contributed by atoms with Crippen LogP contribution in [0.4, 0.5) is 0 Å². The van der Waals surface area contributed by atoms with E-state index in [9.17, 15) is 0 Å². The summed E-state index contributed by atoms with van der Waals surface area (Å²) in [6.07, 6.45) is 0. The van der Waals surface area contributed by atoms with Gasteiger partial charge < -0.3 is 9.88 Å². The molecule has 0 aliphatic carbocycles. The zero-order chi connectivity index (χ0) is 12.8. The van der Waals surface area contributed by atoms with Crippen LogP contribution >= 0.6 is 11.5 Å². The van der Waals surface area contributed by atoms with Gasteiger partial charge in [-0.05, 0) is 11.5 Å². The number of nitrogens with zero attached hydrogens (tertiary/aromatic N) is 5. The van der Waals surface area contributed by atoms with E-state index in [4.69, 9.17) is 0 Å². The van der Waals surface area contributed by atoms with Gasteiger partial charge in [-0.1, -0.05) is 25.3 Å². The molecular formula is C11H16N6S. The Bertz CT molecular complexity index is 564. The summed E-state index contributed by atoms with van der Waals surface area (Å²) in [5.74, 6) is 1.90. The highest BCUT2D eigenvalue weighted by Gasteiger charge is 2.27. The second kappa shape index (κ2) is 4.10. The Balaban J connectivity index is 2.11. The van der Waals surface area contributed by atoms with Crippen LogP contribution in [0.3, 0.4) is 0 Å². The van der Waals surface area contributed by atoms with Crippen molar-refractivity contribution in [3.05, 3.63) is 11.5 Å². The summed E-state index contributed by atoms with van der Waals surface area (Å²) in [6, 6.07) is 0. The largest absolute Gasteiger partial charge is 0.308 e. The minimum atomic E-state index is -0.0261. The van der Waals surface area contributed by atoms with Crippen LogP contribution in [0.15, 0.2) is 0 Å². The van der Waals surface area contributed by atoms with E-state index in [0.29, 0.717) is 0 Å². The maximum atomic E-state index is 4.32. The Hall–Kier alpha value is -1.34. The standard InChI is InChI=1S/C11H16N6S/c1-11(2,3)9-8(18-16-14-9)10-15-13-7-6-12-4-5-17(7)10/h12H,4-6H2,1-3H3. The number of nitrogens with one attached hydrogen (secondary N) is 1. The lowest BCUT2D eigenvalue weighted by Gasteiger charge is -2.18. The summed E-state index contributed by atoms with van der Waals surface area (Å²) in [4.78, 5) is 1.04. The summed E-state index contributed by atoms with van der Waals surface area (Å²) in [5.41, 5.74) is 0.975. The van der Waals surface area contributed by atoms with Gasteiger partial charge in [0.05, 0.1) is 12.2 Å². The lowest BCUT2D eigenvalue weighted by atomic mass is 9.91. The first-order valence-electron chi connectivity index (χ1n) is 6.03. The van der Waals surface area contributed by atoms with Gasteiger partial charge >= 0.3 is 0 Å². The highest BCUT2D eigenvalue weighted by molar-refractivity contribution is 7.09. The summed E-state index contributed by atoms with van der Waals surface area (Å²) >= 11 is 1.40. The predicted octanol–water partition coefficient (Wildman–Crippen LogP) is 1.20. The van der Waals surface area contributed by atoms with E-state index in [-0.39, 0.29) is 5.41 Å². The first-order chi connectivity index (χ1) is 8.57. The number of aromatic nitrogens is 5. The van der Waals surface area contributed by atoms with Crippen LogP contribution < -0.4 is 5.32 Å². The average molecular weight is 264 g/mol. The van der Waals surface area contributed by atoms with Gasteiger partial charge in [0.25, 0.3) is 0 Å². The molecule has 0 radical (unpaired) electrons. The molecule has 0 unspecified atom stereocenters. The SMILES string of the molecule is CC(C)(C)c1nnsc1-c1nnc2n1CCNC2. The number of fused-ring (bicyclic) bond motifs is 1. The molecule has 18 heavy (non-hydrogen) atoms. The van der Waals surface area contributed by atoms with Crippen molar-refractivity contribution in [2.45, 2.75) is 39.3 Å². The van der Waals surface area contributed by atoms with Crippen molar-refractivity contribution in [1.29, 1.82) is 0 Å². The van der Waals surface area contributed by atoms with Crippen LogP contribution in [0, 0.1) is 0 Å². The van der Waals surface area contributed by atoms with Gasteiger partial charge in [0.2, 0.25) is 0 Å². The summed E-state index contributed by atoms with van der Waals surface area (Å²) in [6.45, 7) is 9.06. The zero-order valence-corrected chi connectivity index (χ0v) is 11.6. The van der Waals surface area contributed by atoms with E-state index in [0.717, 1.165) is 41.9 Å².